The molecule has 1 aliphatic carbocycles. The first-order valence-corrected chi connectivity index (χ1v) is 12.9. The Labute approximate surface area is 240 Å². The molecular weight excluding hydrogens is 542 g/mol. The van der Waals surface area contributed by atoms with Crippen LogP contribution in [0.2, 0.25) is 0 Å². The minimum Gasteiger partial charge on any atom is -0.507 e. The van der Waals surface area contributed by atoms with E-state index in [-0.39, 0.29) is 45.0 Å². The lowest BCUT2D eigenvalue weighted by atomic mass is 9.70. The molecular formula is C31H27N3O8. The number of ether oxygens (including phenoxy) is 2. The maximum Gasteiger partial charge on any atom is 0.259 e. The molecule has 0 saturated heterocycles. The Kier molecular flexibility index (Phi) is 6.81. The van der Waals surface area contributed by atoms with Gasteiger partial charge >= 0.3 is 0 Å². The molecule has 0 fully saturated rings. The van der Waals surface area contributed by atoms with Crippen molar-refractivity contribution in [1.82, 2.24) is 4.98 Å². The van der Waals surface area contributed by atoms with E-state index in [0.717, 1.165) is 6.08 Å². The quantitative estimate of drug-likeness (QED) is 0.191. The zero-order valence-electron chi connectivity index (χ0n) is 23.4. The highest BCUT2D eigenvalue weighted by molar-refractivity contribution is 6.31. The number of hydrogen-bond acceptors (Lipinski definition) is 10. The minimum absolute atomic E-state index is 0.00384. The molecule has 0 saturated carbocycles. The smallest absolute Gasteiger partial charge is 0.259 e. The number of rotatable bonds is 6. The fourth-order valence-electron chi connectivity index (χ4n) is 5.24. The van der Waals surface area contributed by atoms with Gasteiger partial charge in [0.25, 0.3) is 5.91 Å². The van der Waals surface area contributed by atoms with Gasteiger partial charge < -0.3 is 30.3 Å². The summed E-state index contributed by atoms with van der Waals surface area (Å²) in [5, 5.41) is 27.3. The lowest BCUT2D eigenvalue weighted by molar-refractivity contribution is -0.123. The first kappa shape index (κ1) is 28.1. The number of nitrogens with one attached hydrogen (secondary N) is 2. The topological polar surface area (TPSA) is 164 Å². The van der Waals surface area contributed by atoms with Crippen LogP contribution in [0, 0.1) is 6.92 Å². The van der Waals surface area contributed by atoms with Crippen LogP contribution in [0.1, 0.15) is 52.6 Å². The van der Waals surface area contributed by atoms with Gasteiger partial charge in [0.1, 0.15) is 39.7 Å². The number of nitrogens with zero attached hydrogens (tertiary/aromatic N) is 1. The molecule has 1 amide bonds. The lowest BCUT2D eigenvalue weighted by Crippen LogP contribution is -2.40. The summed E-state index contributed by atoms with van der Waals surface area (Å²) < 4.78 is 11.2. The summed E-state index contributed by atoms with van der Waals surface area (Å²) in [6, 6.07) is 8.06. The summed E-state index contributed by atoms with van der Waals surface area (Å²) in [4.78, 5) is 56.7. The van der Waals surface area contributed by atoms with Crippen LogP contribution in [-0.2, 0) is 15.0 Å². The van der Waals surface area contributed by atoms with Crippen molar-refractivity contribution in [1.29, 1.82) is 0 Å². The summed E-state index contributed by atoms with van der Waals surface area (Å²) in [5.74, 6) is -3.13. The lowest BCUT2D eigenvalue weighted by Gasteiger charge is -2.29. The fourth-order valence-corrected chi connectivity index (χ4v) is 5.24. The molecule has 4 N–H and O–H groups in total. The van der Waals surface area contributed by atoms with Crippen LogP contribution in [-0.4, -0.2) is 45.6 Å². The van der Waals surface area contributed by atoms with E-state index in [2.05, 4.69) is 15.6 Å². The fraction of sp³-hybridized carbons (Fsp3) is 0.194. The average Bonchev–Trinajstić information content (AvgIpc) is 3.24. The number of methoxy groups -OCH3 is 1. The van der Waals surface area contributed by atoms with Crippen molar-refractivity contribution in [2.45, 2.75) is 33.1 Å². The van der Waals surface area contributed by atoms with Crippen molar-refractivity contribution in [3.05, 3.63) is 88.1 Å². The van der Waals surface area contributed by atoms with E-state index >= 15 is 0 Å². The predicted molar refractivity (Wildman–Crippen MR) is 152 cm³/mol. The number of benzene rings is 2. The second-order valence-electron chi connectivity index (χ2n) is 10.1. The molecule has 0 bridgehead atoms. The first-order valence-electron chi connectivity index (χ1n) is 12.9. The number of carbonyl (C=O) groups excluding carboxylic acids is 4. The Morgan fingerprint density at radius 2 is 1.79 bits per heavy atom. The maximum atomic E-state index is 14.1. The number of phenols is 2. The zero-order chi connectivity index (χ0) is 30.5. The maximum absolute atomic E-state index is 14.1. The molecule has 1 aliphatic heterocycles. The number of aromatic nitrogens is 1. The zero-order valence-corrected chi connectivity index (χ0v) is 23.4. The first-order chi connectivity index (χ1) is 19.9. The van der Waals surface area contributed by atoms with E-state index in [0.29, 0.717) is 17.1 Å². The van der Waals surface area contributed by atoms with E-state index in [1.54, 1.807) is 30.5 Å². The number of anilines is 2. The van der Waals surface area contributed by atoms with Crippen LogP contribution in [0.3, 0.4) is 0 Å². The Balaban J connectivity index is 1.55. The van der Waals surface area contributed by atoms with Gasteiger partial charge in [0.05, 0.1) is 35.7 Å². The molecule has 2 aliphatic rings. The van der Waals surface area contributed by atoms with Gasteiger partial charge in [-0.1, -0.05) is 0 Å². The monoisotopic (exact) mass is 569 g/mol. The van der Waals surface area contributed by atoms with Gasteiger partial charge in [0.15, 0.2) is 17.3 Å². The van der Waals surface area contributed by atoms with Crippen LogP contribution in [0.5, 0.6) is 23.0 Å². The number of fused-ring (bicyclic) bond motifs is 3. The van der Waals surface area contributed by atoms with Crippen LogP contribution in [0.15, 0.2) is 65.8 Å². The Hall–Kier alpha value is -5.45. The molecule has 2 aromatic carbocycles. The number of ketones is 3. The molecule has 11 heteroatoms. The molecule has 1 unspecified atom stereocenters. The Morgan fingerprint density at radius 1 is 1.05 bits per heavy atom. The number of Topliss-reactive ketones (excluding diaryl/α,β-unsaturated/α-hetero) is 2. The van der Waals surface area contributed by atoms with Gasteiger partial charge in [-0.2, -0.15) is 0 Å². The molecule has 3 aromatic rings. The third-order valence-corrected chi connectivity index (χ3v) is 7.46. The largest absolute Gasteiger partial charge is 0.507 e. The summed E-state index contributed by atoms with van der Waals surface area (Å²) in [6.07, 6.45) is 4.21. The third-order valence-electron chi connectivity index (χ3n) is 7.46. The van der Waals surface area contributed by atoms with Gasteiger partial charge in [-0.15, -0.1) is 0 Å². The molecule has 214 valence electrons. The molecule has 2 heterocycles. The van der Waals surface area contributed by atoms with Gasteiger partial charge in [0, 0.05) is 29.2 Å². The standard InChI is InChI=1S/C31H27N3O8/c1-14-26(37)24(16(3)35)28-25(27(14)38)31(4)22(42-28)12-20(36)23(29(31)39)15(2)33-17-8-9-21(41-5)19(11-17)30(40)34-18-7-6-10-32-13-18/h6-13,33,37-38H,1-5H3,(H,34,40). The number of allylic oxidation sites excluding steroid dienone is 4. The van der Waals surface area contributed by atoms with Gasteiger partial charge in [-0.05, 0) is 58.0 Å². The number of hydrogen-bond donors (Lipinski definition) is 4. The number of pyridine rings is 1. The summed E-state index contributed by atoms with van der Waals surface area (Å²) >= 11 is 0. The van der Waals surface area contributed by atoms with Crippen LogP contribution < -0.4 is 20.1 Å². The van der Waals surface area contributed by atoms with E-state index in [9.17, 15) is 29.4 Å². The van der Waals surface area contributed by atoms with Crippen molar-refractivity contribution in [3.8, 4) is 23.0 Å². The average molecular weight is 570 g/mol. The number of amides is 1. The molecule has 0 radical (unpaired) electrons. The summed E-state index contributed by atoms with van der Waals surface area (Å²) in [6.45, 7) is 5.66. The highest BCUT2D eigenvalue weighted by Gasteiger charge is 2.56. The van der Waals surface area contributed by atoms with Crippen LogP contribution in [0.25, 0.3) is 0 Å². The van der Waals surface area contributed by atoms with Crippen molar-refractivity contribution >= 4 is 34.6 Å². The molecule has 1 aromatic heterocycles. The van der Waals surface area contributed by atoms with Crippen LogP contribution in [0.4, 0.5) is 11.4 Å². The number of aromatic hydroxyl groups is 2. The predicted octanol–water partition coefficient (Wildman–Crippen LogP) is 4.34. The third kappa shape index (κ3) is 4.26. The van der Waals surface area contributed by atoms with Gasteiger partial charge in [0.2, 0.25) is 0 Å². The summed E-state index contributed by atoms with van der Waals surface area (Å²) in [5.41, 5.74) is -0.797. The Bertz CT molecular complexity index is 1770. The molecule has 11 nitrogen and oxygen atoms in total. The number of carbonyl (C=O) groups is 4. The van der Waals surface area contributed by atoms with Gasteiger partial charge in [-0.3, -0.25) is 24.2 Å². The molecule has 42 heavy (non-hydrogen) atoms. The number of phenolic OH excluding ortho intramolecular Hbond substituents is 2. The SMILES string of the molecule is COc1ccc(NC(C)=C2C(=O)C=C3Oc4c(C(C)=O)c(O)c(C)c(O)c4C3(C)C2=O)cc1C(=O)Nc1cccnc1. The molecule has 1 atom stereocenters. The van der Waals surface area contributed by atoms with E-state index in [1.807, 2.05) is 0 Å². The van der Waals surface area contributed by atoms with Crippen molar-refractivity contribution in [2.24, 2.45) is 0 Å². The van der Waals surface area contributed by atoms with E-state index in [1.165, 1.54) is 47.1 Å². The highest BCUT2D eigenvalue weighted by atomic mass is 16.5. The van der Waals surface area contributed by atoms with E-state index < -0.39 is 40.2 Å². The van der Waals surface area contributed by atoms with Crippen LogP contribution >= 0.6 is 0 Å². The normalized spacial score (nSPS) is 18.4. The Morgan fingerprint density at radius 3 is 2.43 bits per heavy atom. The van der Waals surface area contributed by atoms with Crippen molar-refractivity contribution in [2.75, 3.05) is 17.7 Å². The van der Waals surface area contributed by atoms with Crippen molar-refractivity contribution < 1.29 is 38.9 Å². The van der Waals surface area contributed by atoms with Crippen molar-refractivity contribution in [3.63, 3.8) is 0 Å². The summed E-state index contributed by atoms with van der Waals surface area (Å²) in [7, 11) is 1.43. The van der Waals surface area contributed by atoms with Gasteiger partial charge in [-0.25, -0.2) is 0 Å². The minimum atomic E-state index is -1.65. The highest BCUT2D eigenvalue weighted by Crippen LogP contribution is 2.57. The molecule has 5 rings (SSSR count). The second-order valence-corrected chi connectivity index (χ2v) is 10.1. The second kappa shape index (κ2) is 10.2. The van der Waals surface area contributed by atoms with E-state index in [4.69, 9.17) is 9.47 Å². The molecule has 0 spiro atoms.